The quantitative estimate of drug-likeness (QED) is 0.521. The molecule has 1 amide bonds. The van der Waals surface area contributed by atoms with Crippen molar-refractivity contribution in [3.63, 3.8) is 0 Å². The van der Waals surface area contributed by atoms with E-state index in [0.717, 1.165) is 11.4 Å². The summed E-state index contributed by atoms with van der Waals surface area (Å²) in [6.07, 6.45) is 0. The normalized spacial score (nSPS) is 10.6. The smallest absolute Gasteiger partial charge is 0.234 e. The third-order valence-corrected chi connectivity index (χ3v) is 5.43. The molecule has 0 aliphatic carbocycles. The summed E-state index contributed by atoms with van der Waals surface area (Å²) in [7, 11) is 4.62. The average molecular weight is 449 g/mol. The van der Waals surface area contributed by atoms with Gasteiger partial charge in [-0.15, -0.1) is 10.2 Å². The zero-order valence-electron chi connectivity index (χ0n) is 16.9. The van der Waals surface area contributed by atoms with Gasteiger partial charge in [0.25, 0.3) is 0 Å². The summed E-state index contributed by atoms with van der Waals surface area (Å²) in [6.45, 7) is 1.85. The molecule has 3 rings (SSSR count). The molecule has 3 aromatic rings. The Morgan fingerprint density at radius 3 is 2.40 bits per heavy atom. The Balaban J connectivity index is 1.73. The van der Waals surface area contributed by atoms with E-state index in [1.165, 1.54) is 26.0 Å². The second-order valence-corrected chi connectivity index (χ2v) is 7.44. The molecule has 0 atom stereocenters. The number of nitrogens with one attached hydrogen (secondary N) is 1. The molecule has 0 bridgehead atoms. The van der Waals surface area contributed by atoms with Crippen LogP contribution in [0.4, 0.5) is 5.69 Å². The van der Waals surface area contributed by atoms with Crippen LogP contribution in [0.1, 0.15) is 5.82 Å². The highest BCUT2D eigenvalue weighted by Crippen LogP contribution is 2.36. The second kappa shape index (κ2) is 9.73. The van der Waals surface area contributed by atoms with Gasteiger partial charge in [0.1, 0.15) is 23.1 Å². The van der Waals surface area contributed by atoms with E-state index in [1.54, 1.807) is 19.2 Å². The number of halogens is 1. The van der Waals surface area contributed by atoms with Gasteiger partial charge in [0.2, 0.25) is 5.91 Å². The van der Waals surface area contributed by atoms with Gasteiger partial charge < -0.3 is 19.5 Å². The number of thioether (sulfide) groups is 1. The molecule has 2 aromatic carbocycles. The third kappa shape index (κ3) is 4.80. The van der Waals surface area contributed by atoms with Crippen LogP contribution in [0.5, 0.6) is 17.2 Å². The van der Waals surface area contributed by atoms with E-state index < -0.39 is 0 Å². The number of hydrogen-bond donors (Lipinski definition) is 1. The highest BCUT2D eigenvalue weighted by Gasteiger charge is 2.16. The summed E-state index contributed by atoms with van der Waals surface area (Å²) in [5.74, 6) is 2.25. The number of hydrogen-bond acceptors (Lipinski definition) is 7. The number of anilines is 1. The van der Waals surface area contributed by atoms with Gasteiger partial charge in [-0.25, -0.2) is 0 Å². The minimum Gasteiger partial charge on any atom is -0.497 e. The van der Waals surface area contributed by atoms with Gasteiger partial charge in [-0.2, -0.15) is 0 Å². The summed E-state index contributed by atoms with van der Waals surface area (Å²) >= 11 is 7.38. The Labute approximate surface area is 183 Å². The molecule has 0 fully saturated rings. The molecular formula is C20H21ClN4O4S. The van der Waals surface area contributed by atoms with E-state index >= 15 is 0 Å². The molecule has 0 saturated carbocycles. The fourth-order valence-electron chi connectivity index (χ4n) is 2.74. The lowest BCUT2D eigenvalue weighted by Gasteiger charge is -2.13. The van der Waals surface area contributed by atoms with E-state index in [4.69, 9.17) is 25.8 Å². The SMILES string of the molecule is COc1ccc(-n2c(C)nnc2SCC(=O)Nc2cc(OC)c(Cl)cc2OC)cc1. The first-order valence-electron chi connectivity index (χ1n) is 8.87. The predicted octanol–water partition coefficient (Wildman–Crippen LogP) is 3.99. The van der Waals surface area contributed by atoms with E-state index in [2.05, 4.69) is 15.5 Å². The van der Waals surface area contributed by atoms with Crippen molar-refractivity contribution < 1.29 is 19.0 Å². The Kier molecular flexibility index (Phi) is 7.07. The zero-order chi connectivity index (χ0) is 21.7. The van der Waals surface area contributed by atoms with Crippen LogP contribution in [0.3, 0.4) is 0 Å². The lowest BCUT2D eigenvalue weighted by molar-refractivity contribution is -0.113. The molecular weight excluding hydrogens is 428 g/mol. The lowest BCUT2D eigenvalue weighted by Crippen LogP contribution is -2.15. The number of benzene rings is 2. The van der Waals surface area contributed by atoms with Crippen LogP contribution in [0.25, 0.3) is 5.69 Å². The van der Waals surface area contributed by atoms with E-state index in [9.17, 15) is 4.79 Å². The molecule has 1 heterocycles. The highest BCUT2D eigenvalue weighted by molar-refractivity contribution is 7.99. The van der Waals surface area contributed by atoms with Crippen molar-refractivity contribution in [3.05, 3.63) is 47.2 Å². The number of carbonyl (C=O) groups is 1. The van der Waals surface area contributed by atoms with Gasteiger partial charge in [-0.3, -0.25) is 9.36 Å². The first-order valence-corrected chi connectivity index (χ1v) is 10.2. The summed E-state index contributed by atoms with van der Waals surface area (Å²) < 4.78 is 17.6. The maximum absolute atomic E-state index is 12.5. The fourth-order valence-corrected chi connectivity index (χ4v) is 3.77. The summed E-state index contributed by atoms with van der Waals surface area (Å²) in [6, 6.07) is 10.7. The Bertz CT molecular complexity index is 1040. The van der Waals surface area contributed by atoms with E-state index in [0.29, 0.717) is 33.2 Å². The Hall–Kier alpha value is -2.91. The first-order chi connectivity index (χ1) is 14.5. The van der Waals surface area contributed by atoms with E-state index in [-0.39, 0.29) is 11.7 Å². The molecule has 10 heteroatoms. The first kappa shape index (κ1) is 21.8. The predicted molar refractivity (Wildman–Crippen MR) is 117 cm³/mol. The van der Waals surface area contributed by atoms with Crippen molar-refractivity contribution in [3.8, 4) is 22.9 Å². The van der Waals surface area contributed by atoms with Gasteiger partial charge in [0, 0.05) is 17.8 Å². The number of rotatable bonds is 8. The van der Waals surface area contributed by atoms with Crippen molar-refractivity contribution in [1.29, 1.82) is 0 Å². The average Bonchev–Trinajstić information content (AvgIpc) is 3.13. The van der Waals surface area contributed by atoms with Crippen LogP contribution in [-0.2, 0) is 4.79 Å². The van der Waals surface area contributed by atoms with Gasteiger partial charge in [0.15, 0.2) is 5.16 Å². The van der Waals surface area contributed by atoms with Crippen LogP contribution in [0.2, 0.25) is 5.02 Å². The second-order valence-electron chi connectivity index (χ2n) is 6.09. The fraction of sp³-hybridized carbons (Fsp3) is 0.250. The van der Waals surface area contributed by atoms with Crippen LogP contribution < -0.4 is 19.5 Å². The maximum atomic E-state index is 12.5. The van der Waals surface area contributed by atoms with Crippen LogP contribution in [0, 0.1) is 6.92 Å². The molecule has 1 N–H and O–H groups in total. The topological polar surface area (TPSA) is 87.5 Å². The van der Waals surface area contributed by atoms with Gasteiger partial charge in [0.05, 0.1) is 37.8 Å². The number of aryl methyl sites for hydroxylation is 1. The molecule has 0 unspecified atom stereocenters. The van der Waals surface area contributed by atoms with Crippen molar-refractivity contribution in [2.45, 2.75) is 12.1 Å². The molecule has 8 nitrogen and oxygen atoms in total. The molecule has 1 aromatic heterocycles. The minimum absolute atomic E-state index is 0.127. The molecule has 0 saturated heterocycles. The van der Waals surface area contributed by atoms with Crippen molar-refractivity contribution in [2.75, 3.05) is 32.4 Å². The van der Waals surface area contributed by atoms with Crippen LogP contribution in [0.15, 0.2) is 41.6 Å². The maximum Gasteiger partial charge on any atom is 0.234 e. The molecule has 0 spiro atoms. The highest BCUT2D eigenvalue weighted by atomic mass is 35.5. The number of aromatic nitrogens is 3. The van der Waals surface area contributed by atoms with Gasteiger partial charge in [-0.1, -0.05) is 23.4 Å². The van der Waals surface area contributed by atoms with Gasteiger partial charge >= 0.3 is 0 Å². The van der Waals surface area contributed by atoms with E-state index in [1.807, 2.05) is 35.8 Å². The lowest BCUT2D eigenvalue weighted by atomic mass is 10.2. The molecule has 0 aliphatic rings. The molecule has 0 radical (unpaired) electrons. The number of methoxy groups -OCH3 is 3. The number of carbonyl (C=O) groups excluding carboxylic acids is 1. The van der Waals surface area contributed by atoms with Crippen LogP contribution in [-0.4, -0.2) is 47.8 Å². The monoisotopic (exact) mass is 448 g/mol. The summed E-state index contributed by atoms with van der Waals surface area (Å²) in [5.41, 5.74) is 1.35. The largest absolute Gasteiger partial charge is 0.497 e. The van der Waals surface area contributed by atoms with Crippen LogP contribution >= 0.6 is 23.4 Å². The van der Waals surface area contributed by atoms with Gasteiger partial charge in [-0.05, 0) is 31.2 Å². The van der Waals surface area contributed by atoms with Crippen molar-refractivity contribution >= 4 is 35.0 Å². The minimum atomic E-state index is -0.232. The standard InChI is InChI=1S/C20H21ClN4O4S/c1-12-23-24-20(25(12)13-5-7-14(27-2)8-6-13)30-11-19(26)22-16-10-17(28-3)15(21)9-18(16)29-4/h5-10H,11H2,1-4H3,(H,22,26). The molecule has 0 aliphatic heterocycles. The number of nitrogens with zero attached hydrogens (tertiary/aromatic N) is 3. The number of amides is 1. The van der Waals surface area contributed by atoms with Crippen molar-refractivity contribution in [2.24, 2.45) is 0 Å². The summed E-state index contributed by atoms with van der Waals surface area (Å²) in [4.78, 5) is 12.5. The molecule has 30 heavy (non-hydrogen) atoms. The molecule has 158 valence electrons. The van der Waals surface area contributed by atoms with Crippen molar-refractivity contribution in [1.82, 2.24) is 14.8 Å². The third-order valence-electron chi connectivity index (χ3n) is 4.21. The Morgan fingerprint density at radius 1 is 1.07 bits per heavy atom. The zero-order valence-corrected chi connectivity index (χ0v) is 18.5. The Morgan fingerprint density at radius 2 is 1.77 bits per heavy atom. The summed E-state index contributed by atoms with van der Waals surface area (Å²) in [5, 5.41) is 12.1. The number of ether oxygens (including phenoxy) is 3.